The number of rotatable bonds is 6. The van der Waals surface area contributed by atoms with Gasteiger partial charge in [-0.2, -0.15) is 10.2 Å². The number of amides is 1. The summed E-state index contributed by atoms with van der Waals surface area (Å²) in [7, 11) is 0. The molecule has 0 aliphatic carbocycles. The molecule has 1 heterocycles. The summed E-state index contributed by atoms with van der Waals surface area (Å²) in [6.07, 6.45) is 1.71. The van der Waals surface area contributed by atoms with Gasteiger partial charge in [-0.1, -0.05) is 30.3 Å². The number of hydrogen-bond acceptors (Lipinski definition) is 4. The van der Waals surface area contributed by atoms with Gasteiger partial charge in [0, 0.05) is 5.56 Å². The van der Waals surface area contributed by atoms with E-state index in [1.165, 1.54) is 0 Å². The molecular formula is C20H20N4O2. The summed E-state index contributed by atoms with van der Waals surface area (Å²) in [5, 5.41) is 10.9. The summed E-state index contributed by atoms with van der Waals surface area (Å²) in [6, 6.07) is 18.8. The van der Waals surface area contributed by atoms with E-state index in [1.807, 2.05) is 68.4 Å². The van der Waals surface area contributed by atoms with Crippen LogP contribution in [0.1, 0.15) is 29.9 Å². The first-order valence-corrected chi connectivity index (χ1v) is 8.33. The maximum atomic E-state index is 12.1. The molecule has 26 heavy (non-hydrogen) atoms. The number of hydrogen-bond donors (Lipinski definition) is 2. The average Bonchev–Trinajstić information content (AvgIpc) is 3.13. The Bertz CT molecular complexity index is 884. The number of ether oxygens (including phenoxy) is 1. The third-order valence-electron chi connectivity index (χ3n) is 3.52. The molecule has 0 bridgehead atoms. The molecule has 6 nitrogen and oxygen atoms in total. The predicted octanol–water partition coefficient (Wildman–Crippen LogP) is 3.63. The molecule has 0 aliphatic heterocycles. The van der Waals surface area contributed by atoms with Crippen molar-refractivity contribution in [2.24, 2.45) is 5.10 Å². The number of carbonyl (C=O) groups is 1. The van der Waals surface area contributed by atoms with Crippen molar-refractivity contribution in [3.8, 4) is 17.0 Å². The SMILES string of the molecule is CC(C)Oc1ccc(-c2cc(C(=O)NN=Cc3ccccc3)[nH]n2)cc1. The standard InChI is InChI=1S/C20H20N4O2/c1-14(2)26-17-10-8-16(9-11-17)18-12-19(23-22-18)20(25)24-21-13-15-6-4-3-5-7-15/h3-14H,1-2H3,(H,22,23)(H,24,25). The van der Waals surface area contributed by atoms with Crippen LogP contribution in [0, 0.1) is 0 Å². The largest absolute Gasteiger partial charge is 0.491 e. The smallest absolute Gasteiger partial charge is 0.289 e. The van der Waals surface area contributed by atoms with Crippen LogP contribution in [0.3, 0.4) is 0 Å². The Balaban J connectivity index is 1.63. The number of aromatic amines is 1. The van der Waals surface area contributed by atoms with Gasteiger partial charge in [0.15, 0.2) is 0 Å². The fourth-order valence-corrected chi connectivity index (χ4v) is 2.33. The molecule has 2 aromatic carbocycles. The van der Waals surface area contributed by atoms with E-state index in [-0.39, 0.29) is 12.0 Å². The highest BCUT2D eigenvalue weighted by molar-refractivity contribution is 5.94. The normalized spacial score (nSPS) is 11.0. The number of nitrogens with one attached hydrogen (secondary N) is 2. The van der Waals surface area contributed by atoms with Crippen molar-refractivity contribution < 1.29 is 9.53 Å². The molecule has 0 saturated heterocycles. The zero-order chi connectivity index (χ0) is 18.4. The molecule has 6 heteroatoms. The molecule has 3 aromatic rings. The molecular weight excluding hydrogens is 328 g/mol. The number of hydrazone groups is 1. The second-order valence-corrected chi connectivity index (χ2v) is 5.97. The Morgan fingerprint density at radius 2 is 1.88 bits per heavy atom. The van der Waals surface area contributed by atoms with E-state index in [2.05, 4.69) is 20.7 Å². The number of aromatic nitrogens is 2. The summed E-state index contributed by atoms with van der Waals surface area (Å²) in [5.74, 6) is 0.447. The van der Waals surface area contributed by atoms with Gasteiger partial charge in [0.05, 0.1) is 18.0 Å². The molecule has 2 N–H and O–H groups in total. The zero-order valence-electron chi connectivity index (χ0n) is 14.6. The molecule has 0 radical (unpaired) electrons. The second-order valence-electron chi connectivity index (χ2n) is 5.97. The van der Waals surface area contributed by atoms with E-state index in [4.69, 9.17) is 4.74 Å². The minimum absolute atomic E-state index is 0.123. The van der Waals surface area contributed by atoms with Crippen molar-refractivity contribution in [1.29, 1.82) is 0 Å². The first kappa shape index (κ1) is 17.4. The van der Waals surface area contributed by atoms with Gasteiger partial charge in [0.25, 0.3) is 5.91 Å². The minimum Gasteiger partial charge on any atom is -0.491 e. The van der Waals surface area contributed by atoms with Crippen molar-refractivity contribution in [3.05, 3.63) is 71.9 Å². The Morgan fingerprint density at radius 1 is 1.15 bits per heavy atom. The van der Waals surface area contributed by atoms with E-state index in [9.17, 15) is 4.79 Å². The Kier molecular flexibility index (Phi) is 5.43. The molecule has 0 fully saturated rings. The summed E-state index contributed by atoms with van der Waals surface area (Å²) in [6.45, 7) is 3.96. The lowest BCUT2D eigenvalue weighted by atomic mass is 10.1. The number of H-pyrrole nitrogens is 1. The lowest BCUT2D eigenvalue weighted by Gasteiger charge is -2.09. The molecule has 1 amide bonds. The molecule has 1 aromatic heterocycles. The van der Waals surface area contributed by atoms with Crippen LogP contribution in [-0.4, -0.2) is 28.4 Å². The number of carbonyl (C=O) groups excluding carboxylic acids is 1. The van der Waals surface area contributed by atoms with Crippen molar-refractivity contribution in [1.82, 2.24) is 15.6 Å². The second kappa shape index (κ2) is 8.11. The highest BCUT2D eigenvalue weighted by atomic mass is 16.5. The predicted molar refractivity (Wildman–Crippen MR) is 101 cm³/mol. The monoisotopic (exact) mass is 348 g/mol. The first-order chi connectivity index (χ1) is 12.6. The Labute approximate surface area is 151 Å². The van der Waals surface area contributed by atoms with Crippen molar-refractivity contribution >= 4 is 12.1 Å². The molecule has 0 spiro atoms. The number of benzene rings is 2. The van der Waals surface area contributed by atoms with E-state index in [0.29, 0.717) is 11.4 Å². The van der Waals surface area contributed by atoms with E-state index < -0.39 is 0 Å². The van der Waals surface area contributed by atoms with Crippen molar-refractivity contribution in [3.63, 3.8) is 0 Å². The summed E-state index contributed by atoms with van der Waals surface area (Å²) < 4.78 is 5.62. The van der Waals surface area contributed by atoms with Gasteiger partial charge >= 0.3 is 0 Å². The van der Waals surface area contributed by atoms with Gasteiger partial charge < -0.3 is 4.74 Å². The maximum absolute atomic E-state index is 12.1. The average molecular weight is 348 g/mol. The van der Waals surface area contributed by atoms with Crippen LogP contribution in [0.4, 0.5) is 0 Å². The van der Waals surface area contributed by atoms with Gasteiger partial charge in [-0.25, -0.2) is 5.43 Å². The van der Waals surface area contributed by atoms with Crippen LogP contribution < -0.4 is 10.2 Å². The molecule has 0 saturated carbocycles. The molecule has 0 aliphatic rings. The Morgan fingerprint density at radius 3 is 2.58 bits per heavy atom. The van der Waals surface area contributed by atoms with Crippen LogP contribution >= 0.6 is 0 Å². The minimum atomic E-state index is -0.351. The highest BCUT2D eigenvalue weighted by Gasteiger charge is 2.10. The number of nitrogens with zero attached hydrogens (tertiary/aromatic N) is 2. The topological polar surface area (TPSA) is 79.4 Å². The van der Waals surface area contributed by atoms with Gasteiger partial charge in [-0.15, -0.1) is 0 Å². The van der Waals surface area contributed by atoms with E-state index >= 15 is 0 Å². The zero-order valence-corrected chi connectivity index (χ0v) is 14.6. The molecule has 0 unspecified atom stereocenters. The van der Waals surface area contributed by atoms with Gasteiger partial charge in [0.1, 0.15) is 11.4 Å². The summed E-state index contributed by atoms with van der Waals surface area (Å²) in [4.78, 5) is 12.1. The van der Waals surface area contributed by atoms with Crippen LogP contribution in [0.25, 0.3) is 11.3 Å². The molecule has 3 rings (SSSR count). The van der Waals surface area contributed by atoms with Crippen molar-refractivity contribution in [2.75, 3.05) is 0 Å². The lowest BCUT2D eigenvalue weighted by molar-refractivity contribution is 0.0950. The molecule has 0 atom stereocenters. The van der Waals surface area contributed by atoms with Gasteiger partial charge in [0.2, 0.25) is 0 Å². The van der Waals surface area contributed by atoms with Crippen LogP contribution in [-0.2, 0) is 0 Å². The fourth-order valence-electron chi connectivity index (χ4n) is 2.33. The third-order valence-corrected chi connectivity index (χ3v) is 3.52. The Hall–Kier alpha value is -3.41. The van der Waals surface area contributed by atoms with Crippen LogP contribution in [0.5, 0.6) is 5.75 Å². The quantitative estimate of drug-likeness (QED) is 0.527. The molecule has 132 valence electrons. The first-order valence-electron chi connectivity index (χ1n) is 8.33. The lowest BCUT2D eigenvalue weighted by Crippen LogP contribution is -2.17. The van der Waals surface area contributed by atoms with Crippen LogP contribution in [0.15, 0.2) is 65.8 Å². The van der Waals surface area contributed by atoms with Crippen LogP contribution in [0.2, 0.25) is 0 Å². The highest BCUT2D eigenvalue weighted by Crippen LogP contribution is 2.22. The summed E-state index contributed by atoms with van der Waals surface area (Å²) in [5.41, 5.74) is 5.30. The van der Waals surface area contributed by atoms with Gasteiger partial charge in [-0.05, 0) is 49.7 Å². The van der Waals surface area contributed by atoms with Gasteiger partial charge in [-0.3, -0.25) is 9.89 Å². The third kappa shape index (κ3) is 4.57. The van der Waals surface area contributed by atoms with E-state index in [1.54, 1.807) is 12.3 Å². The van der Waals surface area contributed by atoms with Crippen molar-refractivity contribution in [2.45, 2.75) is 20.0 Å². The fraction of sp³-hybridized carbons (Fsp3) is 0.150. The van der Waals surface area contributed by atoms with E-state index in [0.717, 1.165) is 16.9 Å². The maximum Gasteiger partial charge on any atom is 0.289 e. The summed E-state index contributed by atoms with van der Waals surface area (Å²) >= 11 is 0.